The van der Waals surface area contributed by atoms with Gasteiger partial charge in [0.1, 0.15) is 30.5 Å². The SMILES string of the molecule is OC[C@H]1OC(OCC2CO2)[C@H](O)[C@@H](O)[C@H]1O. The van der Waals surface area contributed by atoms with Gasteiger partial charge in [-0.25, -0.2) is 0 Å². The van der Waals surface area contributed by atoms with Crippen molar-refractivity contribution in [1.29, 1.82) is 0 Å². The Hall–Kier alpha value is -0.280. The van der Waals surface area contributed by atoms with Crippen molar-refractivity contribution in [2.45, 2.75) is 36.8 Å². The van der Waals surface area contributed by atoms with Crippen molar-refractivity contribution in [3.05, 3.63) is 0 Å². The van der Waals surface area contributed by atoms with E-state index in [4.69, 9.17) is 19.3 Å². The predicted octanol–water partition coefficient (Wildman–Crippen LogP) is -2.80. The quantitative estimate of drug-likeness (QED) is 0.390. The number of hydrogen-bond donors (Lipinski definition) is 4. The molecule has 0 amide bonds. The van der Waals surface area contributed by atoms with E-state index < -0.39 is 37.3 Å². The summed E-state index contributed by atoms with van der Waals surface area (Å²) in [7, 11) is 0. The lowest BCUT2D eigenvalue weighted by molar-refractivity contribution is -0.301. The molecule has 0 radical (unpaired) electrons. The standard InChI is InChI=1S/C9H16O7/c10-1-5-6(11)7(12)8(13)9(16-5)15-3-4-2-14-4/h4-13H,1-3H2/t4?,5-,6+,7+,8-,9?/m1/s1. The molecule has 94 valence electrons. The van der Waals surface area contributed by atoms with Gasteiger partial charge < -0.3 is 34.6 Å². The van der Waals surface area contributed by atoms with Gasteiger partial charge in [-0.15, -0.1) is 0 Å². The van der Waals surface area contributed by atoms with Crippen LogP contribution in [0, 0.1) is 0 Å². The Morgan fingerprint density at radius 3 is 2.38 bits per heavy atom. The van der Waals surface area contributed by atoms with Crippen LogP contribution in [0.15, 0.2) is 0 Å². The molecule has 7 heteroatoms. The fourth-order valence-corrected chi connectivity index (χ4v) is 1.57. The number of epoxide rings is 1. The highest BCUT2D eigenvalue weighted by molar-refractivity contribution is 4.89. The summed E-state index contributed by atoms with van der Waals surface area (Å²) in [5.41, 5.74) is 0. The zero-order chi connectivity index (χ0) is 11.7. The molecule has 7 nitrogen and oxygen atoms in total. The van der Waals surface area contributed by atoms with Gasteiger partial charge in [0.25, 0.3) is 0 Å². The second-order valence-electron chi connectivity index (χ2n) is 3.99. The number of ether oxygens (including phenoxy) is 3. The molecule has 0 aliphatic carbocycles. The topological polar surface area (TPSA) is 112 Å². The number of hydrogen-bond acceptors (Lipinski definition) is 7. The number of aliphatic hydroxyl groups is 4. The lowest BCUT2D eigenvalue weighted by atomic mass is 9.99. The summed E-state index contributed by atoms with van der Waals surface area (Å²) in [5.74, 6) is 0. The first-order valence-electron chi connectivity index (χ1n) is 5.17. The molecule has 2 fully saturated rings. The Morgan fingerprint density at radius 2 is 1.81 bits per heavy atom. The molecule has 2 unspecified atom stereocenters. The van der Waals surface area contributed by atoms with E-state index in [1.165, 1.54) is 0 Å². The molecule has 2 rings (SSSR count). The Balaban J connectivity index is 1.89. The summed E-state index contributed by atoms with van der Waals surface area (Å²) in [5, 5.41) is 37.4. The fraction of sp³-hybridized carbons (Fsp3) is 1.00. The van der Waals surface area contributed by atoms with Gasteiger partial charge in [0.05, 0.1) is 19.8 Å². The molecule has 16 heavy (non-hydrogen) atoms. The van der Waals surface area contributed by atoms with Crippen molar-refractivity contribution in [2.75, 3.05) is 19.8 Å². The molecule has 2 aliphatic rings. The second kappa shape index (κ2) is 4.92. The minimum absolute atomic E-state index is 0.00682. The largest absolute Gasteiger partial charge is 0.394 e. The summed E-state index contributed by atoms with van der Waals surface area (Å²) in [6.45, 7) is 0.408. The van der Waals surface area contributed by atoms with E-state index >= 15 is 0 Å². The van der Waals surface area contributed by atoms with Gasteiger partial charge >= 0.3 is 0 Å². The molecule has 0 aromatic carbocycles. The molecule has 0 bridgehead atoms. The van der Waals surface area contributed by atoms with Crippen LogP contribution in [0.5, 0.6) is 0 Å². The highest BCUT2D eigenvalue weighted by Gasteiger charge is 2.44. The van der Waals surface area contributed by atoms with Crippen molar-refractivity contribution in [3.63, 3.8) is 0 Å². The first-order valence-corrected chi connectivity index (χ1v) is 5.17. The second-order valence-corrected chi connectivity index (χ2v) is 3.99. The normalized spacial score (nSPS) is 48.0. The van der Waals surface area contributed by atoms with E-state index in [-0.39, 0.29) is 12.7 Å². The van der Waals surface area contributed by atoms with Gasteiger partial charge in [-0.05, 0) is 0 Å². The van der Waals surface area contributed by atoms with E-state index in [0.29, 0.717) is 6.61 Å². The highest BCUT2D eigenvalue weighted by atomic mass is 16.7. The van der Waals surface area contributed by atoms with Crippen LogP contribution >= 0.6 is 0 Å². The molecule has 0 aromatic heterocycles. The van der Waals surface area contributed by atoms with Gasteiger partial charge in [-0.3, -0.25) is 0 Å². The van der Waals surface area contributed by atoms with Crippen molar-refractivity contribution in [1.82, 2.24) is 0 Å². The van der Waals surface area contributed by atoms with Crippen LogP contribution in [-0.4, -0.2) is 77.1 Å². The van der Waals surface area contributed by atoms with Crippen LogP contribution < -0.4 is 0 Å². The van der Waals surface area contributed by atoms with Crippen LogP contribution in [0.4, 0.5) is 0 Å². The molecule has 2 saturated heterocycles. The summed E-state index contributed by atoms with van der Waals surface area (Å²) < 4.78 is 15.2. The first-order chi connectivity index (χ1) is 7.63. The maximum Gasteiger partial charge on any atom is 0.186 e. The van der Waals surface area contributed by atoms with Crippen molar-refractivity contribution in [2.24, 2.45) is 0 Å². The van der Waals surface area contributed by atoms with Gasteiger partial charge in [-0.1, -0.05) is 0 Å². The van der Waals surface area contributed by atoms with E-state index in [1.807, 2.05) is 0 Å². The Labute approximate surface area is 92.2 Å². The van der Waals surface area contributed by atoms with E-state index in [0.717, 1.165) is 0 Å². The smallest absolute Gasteiger partial charge is 0.186 e. The van der Waals surface area contributed by atoms with Crippen molar-refractivity contribution >= 4 is 0 Å². The van der Waals surface area contributed by atoms with Crippen LogP contribution in [0.2, 0.25) is 0 Å². The van der Waals surface area contributed by atoms with Gasteiger partial charge in [0, 0.05) is 0 Å². The van der Waals surface area contributed by atoms with E-state index in [9.17, 15) is 15.3 Å². The number of rotatable bonds is 4. The number of aliphatic hydroxyl groups excluding tert-OH is 4. The van der Waals surface area contributed by atoms with E-state index in [1.54, 1.807) is 0 Å². The van der Waals surface area contributed by atoms with Crippen molar-refractivity contribution in [3.8, 4) is 0 Å². The van der Waals surface area contributed by atoms with Crippen LogP contribution in [0.3, 0.4) is 0 Å². The molecule has 2 aliphatic heterocycles. The third kappa shape index (κ3) is 2.51. The lowest BCUT2D eigenvalue weighted by Crippen LogP contribution is -2.59. The summed E-state index contributed by atoms with van der Waals surface area (Å²) in [6.07, 6.45) is -6.06. The average Bonchev–Trinajstić information content (AvgIpc) is 3.09. The van der Waals surface area contributed by atoms with Gasteiger partial charge in [0.2, 0.25) is 0 Å². The summed E-state index contributed by atoms with van der Waals surface area (Å²) >= 11 is 0. The third-order valence-electron chi connectivity index (χ3n) is 2.70. The molecule has 4 N–H and O–H groups in total. The Morgan fingerprint density at radius 1 is 1.12 bits per heavy atom. The third-order valence-corrected chi connectivity index (χ3v) is 2.70. The average molecular weight is 236 g/mol. The highest BCUT2D eigenvalue weighted by Crippen LogP contribution is 2.23. The minimum Gasteiger partial charge on any atom is -0.394 e. The van der Waals surface area contributed by atoms with Crippen LogP contribution in [0.1, 0.15) is 0 Å². The Kier molecular flexibility index (Phi) is 3.75. The van der Waals surface area contributed by atoms with Gasteiger partial charge in [-0.2, -0.15) is 0 Å². The fourth-order valence-electron chi connectivity index (χ4n) is 1.57. The lowest BCUT2D eigenvalue weighted by Gasteiger charge is -2.39. The first kappa shape index (κ1) is 12.2. The molecule has 0 spiro atoms. The zero-order valence-corrected chi connectivity index (χ0v) is 8.60. The molecular weight excluding hydrogens is 220 g/mol. The predicted molar refractivity (Wildman–Crippen MR) is 49.5 cm³/mol. The monoisotopic (exact) mass is 236 g/mol. The van der Waals surface area contributed by atoms with Crippen LogP contribution in [-0.2, 0) is 14.2 Å². The maximum absolute atomic E-state index is 9.57. The molecule has 0 aromatic rings. The summed E-state index contributed by atoms with van der Waals surface area (Å²) in [6, 6.07) is 0. The van der Waals surface area contributed by atoms with E-state index in [2.05, 4.69) is 0 Å². The van der Waals surface area contributed by atoms with Crippen molar-refractivity contribution < 1.29 is 34.6 Å². The molecular formula is C9H16O7. The molecule has 2 heterocycles. The van der Waals surface area contributed by atoms with Crippen LogP contribution in [0.25, 0.3) is 0 Å². The molecule has 6 atom stereocenters. The van der Waals surface area contributed by atoms with Gasteiger partial charge in [0.15, 0.2) is 6.29 Å². The molecule has 0 saturated carbocycles. The Bertz CT molecular complexity index is 230. The maximum atomic E-state index is 9.57. The minimum atomic E-state index is -1.39. The zero-order valence-electron chi connectivity index (χ0n) is 8.60. The summed E-state index contributed by atoms with van der Waals surface area (Å²) in [4.78, 5) is 0.